The van der Waals surface area contributed by atoms with Crippen molar-refractivity contribution < 1.29 is 70.6 Å². The SMILES string of the molecule is FC1=C(F)C(F)=C(F)C(C(F)(F)C(F)(F)C(F)(C(F)(F)F)C(F)(F)F)O1. The highest BCUT2D eigenvalue weighted by Crippen LogP contribution is 2.61. The summed E-state index contributed by atoms with van der Waals surface area (Å²) in [7, 11) is 0. The summed E-state index contributed by atoms with van der Waals surface area (Å²) in [6, 6.07) is -3.20. The van der Waals surface area contributed by atoms with E-state index in [1.165, 1.54) is 0 Å². The van der Waals surface area contributed by atoms with Gasteiger partial charge in [0, 0.05) is 0 Å². The number of rotatable bonds is 3. The molecule has 152 valence electrons. The van der Waals surface area contributed by atoms with E-state index < -0.39 is 59.5 Å². The van der Waals surface area contributed by atoms with E-state index in [9.17, 15) is 65.9 Å². The van der Waals surface area contributed by atoms with Gasteiger partial charge in [-0.05, 0) is 0 Å². The predicted octanol–water partition coefficient (Wildman–Crippen LogP) is 5.75. The second-order valence-electron chi connectivity index (χ2n) is 4.60. The first-order valence-electron chi connectivity index (χ1n) is 5.60. The first-order chi connectivity index (χ1) is 11.2. The normalized spacial score (nSPS) is 21.3. The number of hydrogen-bond acceptors (Lipinski definition) is 1. The average molecular weight is 422 g/mol. The lowest BCUT2D eigenvalue weighted by atomic mass is 9.87. The van der Waals surface area contributed by atoms with Crippen molar-refractivity contribution >= 4 is 0 Å². The van der Waals surface area contributed by atoms with Crippen LogP contribution in [0.15, 0.2) is 23.5 Å². The second-order valence-corrected chi connectivity index (χ2v) is 4.60. The van der Waals surface area contributed by atoms with E-state index in [1.54, 1.807) is 0 Å². The van der Waals surface area contributed by atoms with Crippen LogP contribution in [0.5, 0.6) is 0 Å². The zero-order chi connectivity index (χ0) is 21.1. The van der Waals surface area contributed by atoms with Crippen LogP contribution in [-0.4, -0.2) is 36.0 Å². The summed E-state index contributed by atoms with van der Waals surface area (Å²) in [5.74, 6) is -25.0. The third kappa shape index (κ3) is 2.76. The van der Waals surface area contributed by atoms with Crippen molar-refractivity contribution in [2.24, 2.45) is 0 Å². The molecular formula is C10HF15O. The molecule has 0 aromatic heterocycles. The third-order valence-electron chi connectivity index (χ3n) is 2.99. The summed E-state index contributed by atoms with van der Waals surface area (Å²) in [4.78, 5) is 0. The smallest absolute Gasteiger partial charge is 0.438 e. The molecule has 0 saturated heterocycles. The molecule has 1 aliphatic heterocycles. The summed E-state index contributed by atoms with van der Waals surface area (Å²) < 4.78 is 194. The molecule has 0 spiro atoms. The van der Waals surface area contributed by atoms with Gasteiger partial charge >= 0.3 is 35.9 Å². The Kier molecular flexibility index (Phi) is 5.03. The molecular weight excluding hydrogens is 421 g/mol. The van der Waals surface area contributed by atoms with E-state index in [2.05, 4.69) is 4.74 Å². The molecule has 1 rings (SSSR count). The van der Waals surface area contributed by atoms with Gasteiger partial charge in [-0.25, -0.2) is 13.2 Å². The van der Waals surface area contributed by atoms with Crippen LogP contribution < -0.4 is 0 Å². The Balaban J connectivity index is 3.65. The highest BCUT2D eigenvalue weighted by atomic mass is 19.4. The number of alkyl halides is 11. The topological polar surface area (TPSA) is 9.23 Å². The fourth-order valence-corrected chi connectivity index (χ4v) is 1.66. The van der Waals surface area contributed by atoms with Crippen LogP contribution in [0, 0.1) is 0 Å². The van der Waals surface area contributed by atoms with Gasteiger partial charge in [0.15, 0.2) is 5.83 Å². The van der Waals surface area contributed by atoms with Gasteiger partial charge in [-0.15, -0.1) is 0 Å². The minimum atomic E-state index is -7.99. The monoisotopic (exact) mass is 422 g/mol. The van der Waals surface area contributed by atoms with Crippen LogP contribution in [0.1, 0.15) is 0 Å². The molecule has 0 bridgehead atoms. The molecule has 1 unspecified atom stereocenters. The molecule has 0 aliphatic carbocycles. The van der Waals surface area contributed by atoms with Gasteiger partial charge in [-0.3, -0.25) is 0 Å². The minimum absolute atomic E-state index is 2.79. The Bertz CT molecular complexity index is 622. The molecule has 1 aliphatic rings. The molecule has 0 N–H and O–H groups in total. The van der Waals surface area contributed by atoms with Crippen LogP contribution in [0.25, 0.3) is 0 Å². The third-order valence-corrected chi connectivity index (χ3v) is 2.99. The summed E-state index contributed by atoms with van der Waals surface area (Å²) in [5.41, 5.74) is -7.99. The molecule has 0 amide bonds. The summed E-state index contributed by atoms with van der Waals surface area (Å²) in [6.07, 6.45) is -20.4. The highest BCUT2D eigenvalue weighted by molar-refractivity contribution is 5.31. The van der Waals surface area contributed by atoms with E-state index in [-0.39, 0.29) is 0 Å². The van der Waals surface area contributed by atoms with E-state index in [1.807, 2.05) is 0 Å². The molecule has 16 heteroatoms. The fourth-order valence-electron chi connectivity index (χ4n) is 1.66. The zero-order valence-corrected chi connectivity index (χ0v) is 11.2. The second kappa shape index (κ2) is 5.87. The molecule has 0 saturated carbocycles. The summed E-state index contributed by atoms with van der Waals surface area (Å²) >= 11 is 0. The quantitative estimate of drug-likeness (QED) is 0.527. The molecule has 1 heterocycles. The lowest BCUT2D eigenvalue weighted by molar-refractivity contribution is -0.432. The van der Waals surface area contributed by atoms with Gasteiger partial charge in [-0.1, -0.05) is 0 Å². The molecule has 26 heavy (non-hydrogen) atoms. The summed E-state index contributed by atoms with van der Waals surface area (Å²) in [5, 5.41) is 0. The van der Waals surface area contributed by atoms with Gasteiger partial charge in [0.25, 0.3) is 0 Å². The van der Waals surface area contributed by atoms with Crippen LogP contribution in [0.4, 0.5) is 65.9 Å². The maximum absolute atomic E-state index is 13.5. The Labute approximate surface area is 131 Å². The largest absolute Gasteiger partial charge is 0.451 e. The Morgan fingerprint density at radius 3 is 1.35 bits per heavy atom. The van der Waals surface area contributed by atoms with Crippen molar-refractivity contribution in [1.29, 1.82) is 0 Å². The van der Waals surface area contributed by atoms with Gasteiger partial charge in [-0.2, -0.15) is 52.7 Å². The van der Waals surface area contributed by atoms with Crippen molar-refractivity contribution in [1.82, 2.24) is 0 Å². The Morgan fingerprint density at radius 1 is 0.615 bits per heavy atom. The average Bonchev–Trinajstić information content (AvgIpc) is 2.44. The first kappa shape index (κ1) is 22.3. The zero-order valence-electron chi connectivity index (χ0n) is 11.2. The van der Waals surface area contributed by atoms with Gasteiger partial charge in [0.1, 0.15) is 0 Å². The number of halogens is 15. The van der Waals surface area contributed by atoms with Crippen molar-refractivity contribution in [3.63, 3.8) is 0 Å². The fraction of sp³-hybridized carbons (Fsp3) is 0.600. The molecule has 0 aromatic rings. The molecule has 1 atom stereocenters. The standard InChI is InChI=1S/C10HF15O/c11-1-2(12)4(26-5(14)3(1)13)6(15,16)8(18,19)7(17,9(20,21)22)10(23,24)25/h4H. The molecule has 0 radical (unpaired) electrons. The first-order valence-corrected chi connectivity index (χ1v) is 5.60. The molecule has 0 aromatic carbocycles. The van der Waals surface area contributed by atoms with Gasteiger partial charge < -0.3 is 4.74 Å². The van der Waals surface area contributed by atoms with E-state index in [4.69, 9.17) is 0 Å². The van der Waals surface area contributed by atoms with E-state index in [0.717, 1.165) is 0 Å². The van der Waals surface area contributed by atoms with Crippen LogP contribution in [0.2, 0.25) is 0 Å². The summed E-state index contributed by atoms with van der Waals surface area (Å²) in [6.45, 7) is 0. The number of ether oxygens (including phenoxy) is 1. The van der Waals surface area contributed by atoms with Crippen molar-refractivity contribution in [3.8, 4) is 0 Å². The highest BCUT2D eigenvalue weighted by Gasteiger charge is 2.91. The van der Waals surface area contributed by atoms with Gasteiger partial charge in [0.2, 0.25) is 17.8 Å². The lowest BCUT2D eigenvalue weighted by Crippen LogP contribution is -2.72. The Morgan fingerprint density at radius 2 is 1.00 bits per heavy atom. The van der Waals surface area contributed by atoms with Crippen molar-refractivity contribution in [2.45, 2.75) is 36.0 Å². The lowest BCUT2D eigenvalue weighted by Gasteiger charge is -2.41. The van der Waals surface area contributed by atoms with Crippen molar-refractivity contribution in [3.05, 3.63) is 23.5 Å². The minimum Gasteiger partial charge on any atom is -0.451 e. The van der Waals surface area contributed by atoms with E-state index in [0.29, 0.717) is 0 Å². The van der Waals surface area contributed by atoms with Crippen LogP contribution in [-0.2, 0) is 4.74 Å². The molecule has 1 nitrogen and oxygen atoms in total. The maximum Gasteiger partial charge on any atom is 0.438 e. The number of hydrogen-bond donors (Lipinski definition) is 0. The maximum atomic E-state index is 13.5. The van der Waals surface area contributed by atoms with Crippen LogP contribution >= 0.6 is 0 Å². The number of allylic oxidation sites excluding steroid dienone is 2. The van der Waals surface area contributed by atoms with Crippen molar-refractivity contribution in [2.75, 3.05) is 0 Å². The van der Waals surface area contributed by atoms with Crippen LogP contribution in [0.3, 0.4) is 0 Å². The Hall–Kier alpha value is -1.77. The van der Waals surface area contributed by atoms with Gasteiger partial charge in [0.05, 0.1) is 0 Å². The predicted molar refractivity (Wildman–Crippen MR) is 49.2 cm³/mol. The van der Waals surface area contributed by atoms with E-state index >= 15 is 0 Å². The molecule has 0 fully saturated rings.